The van der Waals surface area contributed by atoms with Gasteiger partial charge in [0.25, 0.3) is 0 Å². The average molecular weight is 309 g/mol. The summed E-state index contributed by atoms with van der Waals surface area (Å²) in [6.45, 7) is 5.36. The molecule has 21 heavy (non-hydrogen) atoms. The molecule has 0 spiro atoms. The maximum absolute atomic E-state index is 11.2. The maximum Gasteiger partial charge on any atom is 2.00 e. The predicted octanol–water partition coefficient (Wildman–Crippen LogP) is 1.28. The van der Waals surface area contributed by atoms with Gasteiger partial charge in [-0.1, -0.05) is 72.1 Å². The van der Waals surface area contributed by atoms with Gasteiger partial charge in [0, 0.05) is 0 Å². The van der Waals surface area contributed by atoms with Crippen LogP contribution in [0.2, 0.25) is 0 Å². The summed E-state index contributed by atoms with van der Waals surface area (Å²) in [4.78, 5) is 22.4. The molecule has 5 heteroatoms. The summed E-state index contributed by atoms with van der Waals surface area (Å²) in [5, 5.41) is 22.4. The third kappa shape index (κ3) is 7.50. The predicted molar refractivity (Wildman–Crippen MR) is 80.3 cm³/mol. The van der Waals surface area contributed by atoms with Gasteiger partial charge in [-0.15, -0.1) is 0 Å². The summed E-state index contributed by atoms with van der Waals surface area (Å²) in [5.41, 5.74) is -1.85. The smallest absolute Gasteiger partial charge is 0.549 e. The molecule has 0 aliphatic carbocycles. The summed E-state index contributed by atoms with van der Waals surface area (Å²) in [7, 11) is 0. The van der Waals surface area contributed by atoms with E-state index in [-0.39, 0.29) is 29.5 Å². The van der Waals surface area contributed by atoms with E-state index in [0.29, 0.717) is 6.42 Å². The maximum atomic E-state index is 11.2. The molecule has 118 valence electrons. The topological polar surface area (TPSA) is 80.3 Å². The minimum absolute atomic E-state index is 0. The van der Waals surface area contributed by atoms with Crippen LogP contribution in [-0.4, -0.2) is 35.0 Å². The van der Waals surface area contributed by atoms with Crippen LogP contribution in [0.15, 0.2) is 0 Å². The molecule has 4 nitrogen and oxygen atoms in total. The summed E-state index contributed by atoms with van der Waals surface area (Å²) in [6.07, 6.45) is 8.62. The molecule has 0 fully saturated rings. The van der Waals surface area contributed by atoms with E-state index in [1.165, 1.54) is 25.7 Å². The Morgan fingerprint density at radius 2 is 1.24 bits per heavy atom. The number of carboxylic acids is 2. The molecule has 0 N–H and O–H groups in total. The first-order chi connectivity index (χ1) is 9.39. The second-order valence-corrected chi connectivity index (χ2v) is 5.93. The standard InChI is InChI=1S/C16H30O4.Mg/c1-4-5-6-7-8-9-10-11-12-16(13(2)3,14(17)18)15(19)20;/h13H,4-12H2,1-3H3,(H,17,18)(H,19,20);/q;+2/p-2. The normalized spacial score (nSPS) is 11.2. The van der Waals surface area contributed by atoms with E-state index in [2.05, 4.69) is 6.92 Å². The van der Waals surface area contributed by atoms with Crippen LogP contribution in [0.3, 0.4) is 0 Å². The zero-order chi connectivity index (χ0) is 15.6. The van der Waals surface area contributed by atoms with Crippen LogP contribution < -0.4 is 10.2 Å². The van der Waals surface area contributed by atoms with E-state index in [9.17, 15) is 19.8 Å². The van der Waals surface area contributed by atoms with Gasteiger partial charge in [0.1, 0.15) is 0 Å². The van der Waals surface area contributed by atoms with Crippen molar-refractivity contribution < 1.29 is 19.8 Å². The Morgan fingerprint density at radius 1 is 0.857 bits per heavy atom. The van der Waals surface area contributed by atoms with Crippen molar-refractivity contribution in [3.63, 3.8) is 0 Å². The molecule has 0 saturated carbocycles. The molecular formula is C16H28MgO4. The first-order valence-corrected chi connectivity index (χ1v) is 7.82. The van der Waals surface area contributed by atoms with Crippen molar-refractivity contribution in [2.24, 2.45) is 11.3 Å². The molecule has 0 unspecified atom stereocenters. The van der Waals surface area contributed by atoms with Crippen LogP contribution in [0.25, 0.3) is 0 Å². The third-order valence-electron chi connectivity index (χ3n) is 4.14. The van der Waals surface area contributed by atoms with Crippen molar-refractivity contribution in [3.8, 4) is 0 Å². The fraction of sp³-hybridized carbons (Fsp3) is 0.875. The second-order valence-electron chi connectivity index (χ2n) is 5.93. The molecule has 0 heterocycles. The number of hydrogen-bond acceptors (Lipinski definition) is 4. The van der Waals surface area contributed by atoms with Crippen molar-refractivity contribution in [2.45, 2.75) is 78.6 Å². The number of aliphatic carboxylic acids is 2. The molecule has 0 aliphatic heterocycles. The molecule has 0 amide bonds. The number of rotatable bonds is 12. The van der Waals surface area contributed by atoms with E-state index in [1.54, 1.807) is 13.8 Å². The monoisotopic (exact) mass is 308 g/mol. The van der Waals surface area contributed by atoms with Gasteiger partial charge in [0.2, 0.25) is 0 Å². The van der Waals surface area contributed by atoms with E-state index in [4.69, 9.17) is 0 Å². The minimum Gasteiger partial charge on any atom is -0.549 e. The van der Waals surface area contributed by atoms with Gasteiger partial charge in [-0.2, -0.15) is 0 Å². The Balaban J connectivity index is 0. The SMILES string of the molecule is CCCCCCCCCCC(C(=O)[O-])(C(=O)[O-])C(C)C.[Mg+2]. The number of carbonyl (C=O) groups excluding carboxylic acids is 2. The minimum atomic E-state index is -1.85. The van der Waals surface area contributed by atoms with Crippen molar-refractivity contribution in [2.75, 3.05) is 0 Å². The first-order valence-electron chi connectivity index (χ1n) is 7.82. The second kappa shape index (κ2) is 12.3. The Labute approximate surface area is 144 Å². The Hall–Kier alpha value is -0.294. The molecule has 0 radical (unpaired) electrons. The van der Waals surface area contributed by atoms with Gasteiger partial charge in [-0.25, -0.2) is 0 Å². The van der Waals surface area contributed by atoms with E-state index >= 15 is 0 Å². The van der Waals surface area contributed by atoms with E-state index in [1.807, 2.05) is 0 Å². The molecule has 0 aromatic heterocycles. The van der Waals surface area contributed by atoms with Crippen molar-refractivity contribution >= 4 is 35.0 Å². The molecule has 0 atom stereocenters. The molecule has 0 bridgehead atoms. The third-order valence-corrected chi connectivity index (χ3v) is 4.14. The van der Waals surface area contributed by atoms with Gasteiger partial charge in [0.15, 0.2) is 0 Å². The summed E-state index contributed by atoms with van der Waals surface area (Å²) < 4.78 is 0. The van der Waals surface area contributed by atoms with Gasteiger partial charge in [-0.05, 0) is 12.3 Å². The quantitative estimate of drug-likeness (QED) is 0.309. The number of carboxylic acid groups (broad SMARTS) is 2. The van der Waals surface area contributed by atoms with Crippen LogP contribution in [0.5, 0.6) is 0 Å². The number of carbonyl (C=O) groups is 2. The molecule has 0 aliphatic rings. The fourth-order valence-electron chi connectivity index (χ4n) is 2.59. The van der Waals surface area contributed by atoms with Crippen LogP contribution >= 0.6 is 0 Å². The molecule has 0 aromatic carbocycles. The number of unbranched alkanes of at least 4 members (excludes halogenated alkanes) is 7. The first kappa shape index (κ1) is 23.0. The van der Waals surface area contributed by atoms with Crippen molar-refractivity contribution in [3.05, 3.63) is 0 Å². The Morgan fingerprint density at radius 3 is 1.57 bits per heavy atom. The largest absolute Gasteiger partial charge is 2.00 e. The Bertz CT molecular complexity index is 289. The van der Waals surface area contributed by atoms with Gasteiger partial charge in [0.05, 0.1) is 17.4 Å². The van der Waals surface area contributed by atoms with Crippen LogP contribution in [0.1, 0.15) is 78.6 Å². The van der Waals surface area contributed by atoms with Gasteiger partial charge >= 0.3 is 23.1 Å². The zero-order valence-electron chi connectivity index (χ0n) is 13.8. The van der Waals surface area contributed by atoms with Crippen molar-refractivity contribution in [1.82, 2.24) is 0 Å². The van der Waals surface area contributed by atoms with E-state index in [0.717, 1.165) is 19.3 Å². The van der Waals surface area contributed by atoms with Crippen LogP contribution in [0.4, 0.5) is 0 Å². The van der Waals surface area contributed by atoms with Crippen molar-refractivity contribution in [1.29, 1.82) is 0 Å². The summed E-state index contributed by atoms with van der Waals surface area (Å²) >= 11 is 0. The fourth-order valence-corrected chi connectivity index (χ4v) is 2.59. The molecular weight excluding hydrogens is 280 g/mol. The zero-order valence-corrected chi connectivity index (χ0v) is 15.2. The molecule has 0 aromatic rings. The summed E-state index contributed by atoms with van der Waals surface area (Å²) in [6, 6.07) is 0. The van der Waals surface area contributed by atoms with Gasteiger partial charge < -0.3 is 19.8 Å². The van der Waals surface area contributed by atoms with E-state index < -0.39 is 23.3 Å². The molecule has 0 rings (SSSR count). The summed E-state index contributed by atoms with van der Waals surface area (Å²) in [5.74, 6) is -3.56. The van der Waals surface area contributed by atoms with Gasteiger partial charge in [-0.3, -0.25) is 0 Å². The van der Waals surface area contributed by atoms with Crippen LogP contribution in [-0.2, 0) is 9.59 Å². The molecule has 0 saturated heterocycles. The Kier molecular flexibility index (Phi) is 13.4. The average Bonchev–Trinajstić information content (AvgIpc) is 2.35. The number of hydrogen-bond donors (Lipinski definition) is 0. The van der Waals surface area contributed by atoms with Crippen LogP contribution in [0, 0.1) is 11.3 Å².